The highest BCUT2D eigenvalue weighted by molar-refractivity contribution is 9.10. The third-order valence-electron chi connectivity index (χ3n) is 6.43. The fourth-order valence-electron chi connectivity index (χ4n) is 4.81. The van der Waals surface area contributed by atoms with Crippen LogP contribution in [-0.4, -0.2) is 60.3 Å². The van der Waals surface area contributed by atoms with E-state index in [1.807, 2.05) is 30.3 Å². The van der Waals surface area contributed by atoms with Crippen molar-refractivity contribution in [1.29, 1.82) is 0 Å². The fourth-order valence-corrected chi connectivity index (χ4v) is 5.17. The minimum absolute atomic E-state index is 0.192. The maximum absolute atomic E-state index is 15.0. The van der Waals surface area contributed by atoms with E-state index in [0.717, 1.165) is 66.0 Å². The second kappa shape index (κ2) is 6.45. The van der Waals surface area contributed by atoms with Gasteiger partial charge in [0, 0.05) is 47.0 Å². The molecule has 1 aromatic heterocycles. The molecule has 0 atom stereocenters. The minimum atomic E-state index is -0.192. The number of nitrogens with zero attached hydrogens (tertiary/aromatic N) is 4. The molecule has 1 spiro atoms. The molecule has 3 aromatic rings. The van der Waals surface area contributed by atoms with E-state index in [9.17, 15) is 0 Å². The standard InChI is InChI=1S/C22H20BrFN4O/c23-15-2-3-19-17(6-15)21(26-13-25-19)14-1-4-20(18(24)5-14)28-11-22(12-28)9-27(10-22)16-7-29-8-16/h1-6,13,16H,7-12H2. The van der Waals surface area contributed by atoms with E-state index >= 15 is 4.39 Å². The summed E-state index contributed by atoms with van der Waals surface area (Å²) in [4.78, 5) is 13.4. The molecular weight excluding hydrogens is 435 g/mol. The van der Waals surface area contributed by atoms with Crippen molar-refractivity contribution >= 4 is 32.5 Å². The molecule has 0 amide bonds. The van der Waals surface area contributed by atoms with Crippen molar-refractivity contribution in [2.75, 3.05) is 44.3 Å². The van der Waals surface area contributed by atoms with E-state index in [1.165, 1.54) is 6.33 Å². The van der Waals surface area contributed by atoms with Gasteiger partial charge in [-0.15, -0.1) is 0 Å². The van der Waals surface area contributed by atoms with Crippen LogP contribution in [0.3, 0.4) is 0 Å². The number of aromatic nitrogens is 2. The number of anilines is 1. The highest BCUT2D eigenvalue weighted by Crippen LogP contribution is 2.44. The lowest BCUT2D eigenvalue weighted by Crippen LogP contribution is -2.75. The number of hydrogen-bond donors (Lipinski definition) is 0. The van der Waals surface area contributed by atoms with Crippen LogP contribution in [0.4, 0.5) is 10.1 Å². The Morgan fingerprint density at radius 2 is 1.86 bits per heavy atom. The quantitative estimate of drug-likeness (QED) is 0.603. The Bertz CT molecular complexity index is 1110. The lowest BCUT2D eigenvalue weighted by Gasteiger charge is -2.63. The van der Waals surface area contributed by atoms with Gasteiger partial charge in [-0.1, -0.05) is 22.0 Å². The van der Waals surface area contributed by atoms with Gasteiger partial charge in [0.15, 0.2) is 0 Å². The zero-order valence-corrected chi connectivity index (χ0v) is 17.4. The number of benzene rings is 2. The Hall–Kier alpha value is -2.09. The molecule has 4 heterocycles. The van der Waals surface area contributed by atoms with Gasteiger partial charge in [-0.2, -0.15) is 0 Å². The molecule has 3 aliphatic rings. The van der Waals surface area contributed by atoms with Gasteiger partial charge in [-0.05, 0) is 30.3 Å². The summed E-state index contributed by atoms with van der Waals surface area (Å²) in [5.41, 5.74) is 3.39. The van der Waals surface area contributed by atoms with Crippen molar-refractivity contribution in [3.8, 4) is 11.3 Å². The van der Waals surface area contributed by atoms with Gasteiger partial charge < -0.3 is 9.64 Å². The van der Waals surface area contributed by atoms with Crippen molar-refractivity contribution in [3.63, 3.8) is 0 Å². The zero-order chi connectivity index (χ0) is 19.6. The molecule has 6 rings (SSSR count). The summed E-state index contributed by atoms with van der Waals surface area (Å²) in [6.07, 6.45) is 1.53. The molecule has 29 heavy (non-hydrogen) atoms. The van der Waals surface area contributed by atoms with Crippen molar-refractivity contribution in [3.05, 3.63) is 53.0 Å². The maximum Gasteiger partial charge on any atom is 0.147 e. The van der Waals surface area contributed by atoms with Crippen LogP contribution in [0.15, 0.2) is 47.2 Å². The van der Waals surface area contributed by atoms with Gasteiger partial charge in [0.2, 0.25) is 0 Å². The highest BCUT2D eigenvalue weighted by Gasteiger charge is 2.54. The molecule has 5 nitrogen and oxygen atoms in total. The molecule has 0 bridgehead atoms. The largest absolute Gasteiger partial charge is 0.378 e. The molecule has 0 N–H and O–H groups in total. The zero-order valence-electron chi connectivity index (χ0n) is 15.8. The number of rotatable bonds is 3. The van der Waals surface area contributed by atoms with Gasteiger partial charge in [0.25, 0.3) is 0 Å². The van der Waals surface area contributed by atoms with Crippen LogP contribution in [0, 0.1) is 11.2 Å². The first-order valence-corrected chi connectivity index (χ1v) is 10.7. The van der Waals surface area contributed by atoms with Crippen LogP contribution in [-0.2, 0) is 4.74 Å². The summed E-state index contributed by atoms with van der Waals surface area (Å²) in [5.74, 6) is -0.192. The summed E-state index contributed by atoms with van der Waals surface area (Å²) in [6, 6.07) is 11.9. The molecule has 3 saturated heterocycles. The summed E-state index contributed by atoms with van der Waals surface area (Å²) < 4.78 is 21.2. The Morgan fingerprint density at radius 3 is 2.59 bits per heavy atom. The van der Waals surface area contributed by atoms with Gasteiger partial charge in [0.1, 0.15) is 12.1 Å². The summed E-state index contributed by atoms with van der Waals surface area (Å²) in [7, 11) is 0. The first kappa shape index (κ1) is 17.7. The van der Waals surface area contributed by atoms with Crippen molar-refractivity contribution < 1.29 is 9.13 Å². The van der Waals surface area contributed by atoms with E-state index in [2.05, 4.69) is 35.7 Å². The van der Waals surface area contributed by atoms with E-state index < -0.39 is 0 Å². The molecule has 3 aliphatic heterocycles. The fraction of sp³-hybridized carbons (Fsp3) is 0.364. The average molecular weight is 455 g/mol. The van der Waals surface area contributed by atoms with Crippen LogP contribution >= 0.6 is 15.9 Å². The molecular formula is C22H20BrFN4O. The third-order valence-corrected chi connectivity index (χ3v) is 6.92. The molecule has 0 saturated carbocycles. The van der Waals surface area contributed by atoms with Crippen LogP contribution in [0.5, 0.6) is 0 Å². The third kappa shape index (κ3) is 2.86. The first-order valence-electron chi connectivity index (χ1n) is 9.87. The molecule has 2 aromatic carbocycles. The lowest BCUT2D eigenvalue weighted by molar-refractivity contribution is -0.137. The van der Waals surface area contributed by atoms with Gasteiger partial charge in [0.05, 0.1) is 36.2 Å². The Balaban J connectivity index is 1.22. The second-order valence-corrected chi connectivity index (χ2v) is 9.42. The lowest BCUT2D eigenvalue weighted by atomic mass is 9.71. The number of likely N-dealkylation sites (tertiary alicyclic amines) is 1. The van der Waals surface area contributed by atoms with Crippen molar-refractivity contribution in [1.82, 2.24) is 14.9 Å². The number of ether oxygens (including phenoxy) is 1. The summed E-state index contributed by atoms with van der Waals surface area (Å²) in [6.45, 7) is 5.81. The van der Waals surface area contributed by atoms with Crippen molar-refractivity contribution in [2.45, 2.75) is 6.04 Å². The second-order valence-electron chi connectivity index (χ2n) is 8.50. The summed E-state index contributed by atoms with van der Waals surface area (Å²) in [5, 5.41) is 0.909. The predicted octanol–water partition coefficient (Wildman–Crippen LogP) is 3.72. The average Bonchev–Trinajstić information content (AvgIpc) is 2.61. The predicted molar refractivity (Wildman–Crippen MR) is 113 cm³/mol. The normalized spacial score (nSPS) is 21.1. The van der Waals surface area contributed by atoms with Gasteiger partial charge in [-0.25, -0.2) is 14.4 Å². The Kier molecular flexibility index (Phi) is 3.95. The Labute approximate surface area is 176 Å². The first-order chi connectivity index (χ1) is 14.1. The topological polar surface area (TPSA) is 41.5 Å². The van der Waals surface area contributed by atoms with Crippen LogP contribution in [0.2, 0.25) is 0 Å². The smallest absolute Gasteiger partial charge is 0.147 e. The van der Waals surface area contributed by atoms with Gasteiger partial charge in [-0.3, -0.25) is 4.90 Å². The van der Waals surface area contributed by atoms with E-state index in [4.69, 9.17) is 4.74 Å². The molecule has 0 radical (unpaired) electrons. The molecule has 0 aliphatic carbocycles. The number of hydrogen-bond acceptors (Lipinski definition) is 5. The van der Waals surface area contributed by atoms with E-state index in [-0.39, 0.29) is 5.82 Å². The van der Waals surface area contributed by atoms with E-state index in [0.29, 0.717) is 17.1 Å². The monoisotopic (exact) mass is 454 g/mol. The summed E-state index contributed by atoms with van der Waals surface area (Å²) >= 11 is 3.50. The molecule has 148 valence electrons. The van der Waals surface area contributed by atoms with Crippen LogP contribution in [0.25, 0.3) is 22.2 Å². The van der Waals surface area contributed by atoms with E-state index in [1.54, 1.807) is 6.07 Å². The minimum Gasteiger partial charge on any atom is -0.378 e. The SMILES string of the molecule is Fc1cc(-c2ncnc3ccc(Br)cc23)ccc1N1CC2(C1)CN(C1COC1)C2. The van der Waals surface area contributed by atoms with Crippen LogP contribution < -0.4 is 4.90 Å². The van der Waals surface area contributed by atoms with Crippen LogP contribution in [0.1, 0.15) is 0 Å². The van der Waals surface area contributed by atoms with Crippen molar-refractivity contribution in [2.24, 2.45) is 5.41 Å². The number of halogens is 2. The molecule has 7 heteroatoms. The molecule has 0 unspecified atom stereocenters. The Morgan fingerprint density at radius 1 is 1.03 bits per heavy atom. The number of fused-ring (bicyclic) bond motifs is 1. The maximum atomic E-state index is 15.0. The molecule has 3 fully saturated rings. The van der Waals surface area contributed by atoms with Gasteiger partial charge >= 0.3 is 0 Å². The highest BCUT2D eigenvalue weighted by atomic mass is 79.9.